The van der Waals surface area contributed by atoms with Crippen LogP contribution < -0.4 is 4.74 Å². The molecule has 1 N–H and O–H groups in total. The lowest BCUT2D eigenvalue weighted by molar-refractivity contribution is 0.290. The number of para-hydroxylation sites is 2. The van der Waals surface area contributed by atoms with Crippen LogP contribution in [0.25, 0.3) is 10.1 Å². The highest BCUT2D eigenvalue weighted by Crippen LogP contribution is 2.31. The van der Waals surface area contributed by atoms with Gasteiger partial charge in [-0.25, -0.2) is 0 Å². The second-order valence-corrected chi connectivity index (χ2v) is 5.35. The van der Waals surface area contributed by atoms with Gasteiger partial charge in [-0.1, -0.05) is 30.3 Å². The number of ether oxygens (including phenoxy) is 1. The summed E-state index contributed by atoms with van der Waals surface area (Å²) in [6.07, 6.45) is 0. The summed E-state index contributed by atoms with van der Waals surface area (Å²) in [5.41, 5.74) is 2.45. The van der Waals surface area contributed by atoms with Gasteiger partial charge < -0.3 is 9.84 Å². The van der Waals surface area contributed by atoms with Gasteiger partial charge in [0.25, 0.3) is 0 Å². The van der Waals surface area contributed by atoms with Gasteiger partial charge in [0, 0.05) is 10.3 Å². The Balaban J connectivity index is 1.87. The van der Waals surface area contributed by atoms with E-state index in [0.717, 1.165) is 5.56 Å². The maximum absolute atomic E-state index is 9.67. The first-order valence-electron chi connectivity index (χ1n) is 6.12. The SMILES string of the molecule is Cc1cccc2c(COc3ccccc3O)csc12. The number of aromatic hydroxyl groups is 1. The summed E-state index contributed by atoms with van der Waals surface area (Å²) in [7, 11) is 0. The van der Waals surface area contributed by atoms with E-state index in [-0.39, 0.29) is 5.75 Å². The molecule has 1 aromatic heterocycles. The van der Waals surface area contributed by atoms with Gasteiger partial charge >= 0.3 is 0 Å². The zero-order valence-electron chi connectivity index (χ0n) is 10.6. The third kappa shape index (κ3) is 2.29. The average molecular weight is 270 g/mol. The molecule has 3 rings (SSSR count). The van der Waals surface area contributed by atoms with E-state index in [1.165, 1.54) is 15.6 Å². The number of phenolic OH excluding ortho intramolecular Hbond substituents is 1. The Morgan fingerprint density at radius 3 is 2.79 bits per heavy atom. The molecule has 3 aromatic rings. The summed E-state index contributed by atoms with van der Waals surface area (Å²) < 4.78 is 6.99. The predicted octanol–water partition coefficient (Wildman–Crippen LogP) is 4.49. The summed E-state index contributed by atoms with van der Waals surface area (Å²) >= 11 is 1.74. The van der Waals surface area contributed by atoms with Crippen molar-refractivity contribution in [2.24, 2.45) is 0 Å². The summed E-state index contributed by atoms with van der Waals surface area (Å²) in [5.74, 6) is 0.702. The molecule has 0 spiro atoms. The van der Waals surface area contributed by atoms with Crippen molar-refractivity contribution in [1.29, 1.82) is 0 Å². The number of fused-ring (bicyclic) bond motifs is 1. The summed E-state index contributed by atoms with van der Waals surface area (Å²) in [6, 6.07) is 13.3. The van der Waals surface area contributed by atoms with Crippen LogP contribution in [0.4, 0.5) is 0 Å². The van der Waals surface area contributed by atoms with E-state index in [1.54, 1.807) is 29.5 Å². The van der Waals surface area contributed by atoms with Crippen LogP contribution in [0.5, 0.6) is 11.5 Å². The number of aryl methyl sites for hydroxylation is 1. The van der Waals surface area contributed by atoms with E-state index < -0.39 is 0 Å². The Kier molecular flexibility index (Phi) is 3.13. The highest BCUT2D eigenvalue weighted by Gasteiger charge is 2.07. The van der Waals surface area contributed by atoms with Gasteiger partial charge in [-0.05, 0) is 35.4 Å². The minimum Gasteiger partial charge on any atom is -0.504 e. The molecule has 2 nitrogen and oxygen atoms in total. The monoisotopic (exact) mass is 270 g/mol. The minimum absolute atomic E-state index is 0.179. The van der Waals surface area contributed by atoms with E-state index in [1.807, 2.05) is 6.07 Å². The quantitative estimate of drug-likeness (QED) is 0.759. The van der Waals surface area contributed by atoms with E-state index in [9.17, 15) is 5.11 Å². The first-order valence-corrected chi connectivity index (χ1v) is 7.00. The van der Waals surface area contributed by atoms with Gasteiger partial charge in [0.2, 0.25) is 0 Å². The molecule has 0 radical (unpaired) electrons. The van der Waals surface area contributed by atoms with E-state index >= 15 is 0 Å². The molecule has 96 valence electrons. The van der Waals surface area contributed by atoms with Crippen LogP contribution in [-0.2, 0) is 6.61 Å². The summed E-state index contributed by atoms with van der Waals surface area (Å²) in [4.78, 5) is 0. The fraction of sp³-hybridized carbons (Fsp3) is 0.125. The van der Waals surface area contributed by atoms with Crippen LogP contribution in [0, 0.1) is 6.92 Å². The van der Waals surface area contributed by atoms with Crippen molar-refractivity contribution in [3.63, 3.8) is 0 Å². The highest BCUT2D eigenvalue weighted by atomic mass is 32.1. The molecule has 0 fully saturated rings. The van der Waals surface area contributed by atoms with Crippen LogP contribution in [-0.4, -0.2) is 5.11 Å². The zero-order chi connectivity index (χ0) is 13.2. The van der Waals surface area contributed by atoms with Crippen molar-refractivity contribution in [3.05, 3.63) is 59.0 Å². The molecule has 0 bridgehead atoms. The topological polar surface area (TPSA) is 29.5 Å². The zero-order valence-corrected chi connectivity index (χ0v) is 11.4. The van der Waals surface area contributed by atoms with Crippen molar-refractivity contribution >= 4 is 21.4 Å². The van der Waals surface area contributed by atoms with Crippen LogP contribution in [0.15, 0.2) is 47.8 Å². The highest BCUT2D eigenvalue weighted by molar-refractivity contribution is 7.17. The van der Waals surface area contributed by atoms with Crippen LogP contribution >= 0.6 is 11.3 Å². The van der Waals surface area contributed by atoms with Gasteiger partial charge in [0.15, 0.2) is 11.5 Å². The number of rotatable bonds is 3. The number of thiophene rings is 1. The maximum Gasteiger partial charge on any atom is 0.161 e. The third-order valence-corrected chi connectivity index (χ3v) is 4.31. The summed E-state index contributed by atoms with van der Waals surface area (Å²) in [5, 5.41) is 13.0. The Morgan fingerprint density at radius 1 is 1.11 bits per heavy atom. The van der Waals surface area contributed by atoms with Crippen molar-refractivity contribution in [2.75, 3.05) is 0 Å². The Labute approximate surface area is 115 Å². The van der Waals surface area contributed by atoms with Gasteiger partial charge in [0.1, 0.15) is 6.61 Å². The molecule has 19 heavy (non-hydrogen) atoms. The Morgan fingerprint density at radius 2 is 1.95 bits per heavy atom. The molecule has 0 aliphatic heterocycles. The number of hydrogen-bond acceptors (Lipinski definition) is 3. The molecule has 0 atom stereocenters. The fourth-order valence-electron chi connectivity index (χ4n) is 2.10. The van der Waals surface area contributed by atoms with Crippen LogP contribution in [0.1, 0.15) is 11.1 Å². The Bertz CT molecular complexity index is 716. The molecule has 0 unspecified atom stereocenters. The van der Waals surface area contributed by atoms with Crippen LogP contribution in [0.3, 0.4) is 0 Å². The molecule has 0 saturated carbocycles. The van der Waals surface area contributed by atoms with Gasteiger partial charge in [0.05, 0.1) is 0 Å². The van der Waals surface area contributed by atoms with Crippen molar-refractivity contribution < 1.29 is 9.84 Å². The summed E-state index contributed by atoms with van der Waals surface area (Å²) in [6.45, 7) is 2.59. The maximum atomic E-state index is 9.67. The largest absolute Gasteiger partial charge is 0.504 e. The predicted molar refractivity (Wildman–Crippen MR) is 79.0 cm³/mol. The molecule has 0 aliphatic rings. The number of benzene rings is 2. The first kappa shape index (κ1) is 12.1. The minimum atomic E-state index is 0.179. The Hall–Kier alpha value is -2.00. The second kappa shape index (κ2) is 4.94. The lowest BCUT2D eigenvalue weighted by Gasteiger charge is -2.07. The lowest BCUT2D eigenvalue weighted by atomic mass is 10.1. The normalized spacial score (nSPS) is 10.8. The van der Waals surface area contributed by atoms with Crippen LogP contribution in [0.2, 0.25) is 0 Å². The molecule has 0 aliphatic carbocycles. The van der Waals surface area contributed by atoms with Gasteiger partial charge in [-0.15, -0.1) is 11.3 Å². The van der Waals surface area contributed by atoms with E-state index in [0.29, 0.717) is 12.4 Å². The van der Waals surface area contributed by atoms with E-state index in [2.05, 4.69) is 30.5 Å². The van der Waals surface area contributed by atoms with Crippen molar-refractivity contribution in [1.82, 2.24) is 0 Å². The van der Waals surface area contributed by atoms with Gasteiger partial charge in [-0.2, -0.15) is 0 Å². The average Bonchev–Trinajstić information content (AvgIpc) is 2.83. The number of hydrogen-bond donors (Lipinski definition) is 1. The first-order chi connectivity index (χ1) is 9.25. The van der Waals surface area contributed by atoms with Gasteiger partial charge in [-0.3, -0.25) is 0 Å². The molecule has 0 amide bonds. The third-order valence-electron chi connectivity index (χ3n) is 3.13. The fourth-order valence-corrected chi connectivity index (χ4v) is 3.14. The lowest BCUT2D eigenvalue weighted by Crippen LogP contribution is -1.94. The molecular formula is C16H14O2S. The smallest absolute Gasteiger partial charge is 0.161 e. The molecule has 2 aromatic carbocycles. The number of phenols is 1. The van der Waals surface area contributed by atoms with Crippen molar-refractivity contribution in [2.45, 2.75) is 13.5 Å². The molecule has 1 heterocycles. The van der Waals surface area contributed by atoms with E-state index in [4.69, 9.17) is 4.74 Å². The molecule has 3 heteroatoms. The van der Waals surface area contributed by atoms with Crippen molar-refractivity contribution in [3.8, 4) is 11.5 Å². The second-order valence-electron chi connectivity index (χ2n) is 4.47. The molecule has 0 saturated heterocycles. The molecular weight excluding hydrogens is 256 g/mol. The standard InChI is InChI=1S/C16H14O2S/c1-11-5-4-6-13-12(10-19-16(11)13)9-18-15-8-3-2-7-14(15)17/h2-8,10,17H,9H2,1H3.